The Morgan fingerprint density at radius 2 is 1.78 bits per heavy atom. The molecule has 0 saturated heterocycles. The Kier molecular flexibility index (Phi) is 4.52. The summed E-state index contributed by atoms with van der Waals surface area (Å²) in [5, 5.41) is 8.64. The molecule has 18 heavy (non-hydrogen) atoms. The van der Waals surface area contributed by atoms with E-state index < -0.39 is 29.9 Å². The fourth-order valence-corrected chi connectivity index (χ4v) is 1.46. The van der Waals surface area contributed by atoms with Crippen LogP contribution in [0.2, 0.25) is 0 Å². The van der Waals surface area contributed by atoms with Gasteiger partial charge in [0.15, 0.2) is 5.78 Å². The molecule has 1 atom stereocenters. The topological polar surface area (TPSA) is 127 Å². The Labute approximate surface area is 103 Å². The van der Waals surface area contributed by atoms with Gasteiger partial charge in [-0.25, -0.2) is 5.84 Å². The van der Waals surface area contributed by atoms with Crippen molar-refractivity contribution in [2.75, 3.05) is 0 Å². The lowest BCUT2D eigenvalue weighted by atomic mass is 9.93. The number of hydrogen-bond acceptors (Lipinski definition) is 5. The standard InChI is InChI=1S/C11H13N3O4/c12-9(15)6-8(11(17)14(13)18)10(16)7-4-2-1-3-5-7/h1-5,8,18H,6,13H2,(H2,12,15). The molecule has 0 aromatic heterocycles. The third-order valence-corrected chi connectivity index (χ3v) is 2.30. The van der Waals surface area contributed by atoms with Gasteiger partial charge < -0.3 is 5.73 Å². The number of Topliss-reactive ketones (excluding diaryl/α,β-unsaturated/α-hetero) is 1. The molecule has 0 aliphatic rings. The van der Waals surface area contributed by atoms with Gasteiger partial charge in [0.1, 0.15) is 5.92 Å². The van der Waals surface area contributed by atoms with Crippen LogP contribution < -0.4 is 11.6 Å². The number of carbonyl (C=O) groups excluding carboxylic acids is 3. The molecule has 1 aromatic rings. The number of nitrogens with zero attached hydrogens (tertiary/aromatic N) is 1. The highest BCUT2D eigenvalue weighted by Gasteiger charge is 2.31. The van der Waals surface area contributed by atoms with Crippen LogP contribution in [0.3, 0.4) is 0 Å². The largest absolute Gasteiger partial charge is 0.370 e. The molecule has 1 aromatic carbocycles. The molecule has 1 unspecified atom stereocenters. The minimum Gasteiger partial charge on any atom is -0.370 e. The van der Waals surface area contributed by atoms with Crippen LogP contribution in [0.1, 0.15) is 16.8 Å². The highest BCUT2D eigenvalue weighted by atomic mass is 16.5. The van der Waals surface area contributed by atoms with Crippen LogP contribution in [-0.2, 0) is 9.59 Å². The van der Waals surface area contributed by atoms with Gasteiger partial charge in [0.2, 0.25) is 5.91 Å². The van der Waals surface area contributed by atoms with E-state index in [1.165, 1.54) is 12.1 Å². The number of hydrogen-bond donors (Lipinski definition) is 3. The maximum Gasteiger partial charge on any atom is 0.272 e. The summed E-state index contributed by atoms with van der Waals surface area (Å²) in [6.45, 7) is 0. The van der Waals surface area contributed by atoms with Crippen LogP contribution >= 0.6 is 0 Å². The number of hydrazine groups is 1. The van der Waals surface area contributed by atoms with E-state index in [-0.39, 0.29) is 10.7 Å². The van der Waals surface area contributed by atoms with Crippen LogP contribution in [0.15, 0.2) is 30.3 Å². The maximum atomic E-state index is 12.0. The van der Waals surface area contributed by atoms with E-state index in [1.807, 2.05) is 0 Å². The molecule has 0 heterocycles. The zero-order valence-corrected chi connectivity index (χ0v) is 9.45. The molecule has 0 radical (unpaired) electrons. The number of primary amides is 1. The smallest absolute Gasteiger partial charge is 0.272 e. The van der Waals surface area contributed by atoms with Crippen LogP contribution in [0, 0.1) is 5.92 Å². The lowest BCUT2D eigenvalue weighted by Crippen LogP contribution is -2.43. The molecule has 0 bridgehead atoms. The van der Waals surface area contributed by atoms with E-state index in [4.69, 9.17) is 16.8 Å². The first-order chi connectivity index (χ1) is 8.43. The Bertz CT molecular complexity index is 459. The van der Waals surface area contributed by atoms with Gasteiger partial charge in [-0.05, 0) is 0 Å². The van der Waals surface area contributed by atoms with Crippen molar-refractivity contribution >= 4 is 17.6 Å². The minimum atomic E-state index is -1.42. The van der Waals surface area contributed by atoms with Gasteiger partial charge in [0, 0.05) is 12.0 Å². The molecule has 96 valence electrons. The number of rotatable bonds is 5. The summed E-state index contributed by atoms with van der Waals surface area (Å²) in [6, 6.07) is 7.89. The van der Waals surface area contributed by atoms with Gasteiger partial charge >= 0.3 is 0 Å². The van der Waals surface area contributed by atoms with Crippen LogP contribution in [0.5, 0.6) is 0 Å². The number of hydroxylamine groups is 1. The first-order valence-electron chi connectivity index (χ1n) is 5.08. The normalized spacial score (nSPS) is 11.7. The summed E-state index contributed by atoms with van der Waals surface area (Å²) in [5.41, 5.74) is 5.20. The maximum absolute atomic E-state index is 12.0. The predicted molar refractivity (Wildman–Crippen MR) is 60.9 cm³/mol. The molecule has 0 aliphatic carbocycles. The van der Waals surface area contributed by atoms with Crippen molar-refractivity contribution in [3.8, 4) is 0 Å². The van der Waals surface area contributed by atoms with Gasteiger partial charge in [-0.1, -0.05) is 30.3 Å². The summed E-state index contributed by atoms with van der Waals surface area (Å²) in [4.78, 5) is 34.4. The molecule has 1 rings (SSSR count). The molecule has 0 fully saturated rings. The first-order valence-corrected chi connectivity index (χ1v) is 5.08. The van der Waals surface area contributed by atoms with Gasteiger partial charge in [-0.2, -0.15) is 5.17 Å². The highest BCUT2D eigenvalue weighted by Crippen LogP contribution is 2.14. The van der Waals surface area contributed by atoms with Crippen LogP contribution in [-0.4, -0.2) is 28.0 Å². The van der Waals surface area contributed by atoms with Crippen molar-refractivity contribution in [3.05, 3.63) is 35.9 Å². The molecule has 2 amide bonds. The predicted octanol–water partition coefficient (Wildman–Crippen LogP) is -0.548. The average molecular weight is 251 g/mol. The van der Waals surface area contributed by atoms with Crippen molar-refractivity contribution in [3.63, 3.8) is 0 Å². The van der Waals surface area contributed by atoms with E-state index in [2.05, 4.69) is 0 Å². The van der Waals surface area contributed by atoms with E-state index in [9.17, 15) is 14.4 Å². The summed E-state index contributed by atoms with van der Waals surface area (Å²) < 4.78 is 0. The zero-order valence-electron chi connectivity index (χ0n) is 9.45. The molecular formula is C11H13N3O4. The summed E-state index contributed by atoms with van der Waals surface area (Å²) in [7, 11) is 0. The quantitative estimate of drug-likeness (QED) is 0.162. The van der Waals surface area contributed by atoms with Gasteiger partial charge in [0.05, 0.1) is 0 Å². The lowest BCUT2D eigenvalue weighted by Gasteiger charge is -2.16. The van der Waals surface area contributed by atoms with Gasteiger partial charge in [-0.15, -0.1) is 0 Å². The Morgan fingerprint density at radius 3 is 2.22 bits per heavy atom. The Hall–Kier alpha value is -2.25. The number of ketones is 1. The second-order valence-corrected chi connectivity index (χ2v) is 3.64. The van der Waals surface area contributed by atoms with Crippen molar-refractivity contribution in [1.82, 2.24) is 5.17 Å². The Morgan fingerprint density at radius 1 is 1.22 bits per heavy atom. The number of carbonyl (C=O) groups is 3. The van der Waals surface area contributed by atoms with Gasteiger partial charge in [0.25, 0.3) is 5.91 Å². The highest BCUT2D eigenvalue weighted by molar-refractivity contribution is 6.11. The minimum absolute atomic E-state index is 0.214. The third kappa shape index (κ3) is 3.37. The molecule has 0 spiro atoms. The van der Waals surface area contributed by atoms with E-state index in [0.717, 1.165) is 0 Å². The number of amides is 2. The fourth-order valence-electron chi connectivity index (χ4n) is 1.46. The Balaban J connectivity index is 3.00. The second kappa shape index (κ2) is 5.89. The zero-order chi connectivity index (χ0) is 13.7. The van der Waals surface area contributed by atoms with Gasteiger partial charge in [-0.3, -0.25) is 19.6 Å². The molecule has 5 N–H and O–H groups in total. The summed E-state index contributed by atoms with van der Waals surface area (Å²) in [6.07, 6.45) is -0.513. The van der Waals surface area contributed by atoms with Crippen LogP contribution in [0.25, 0.3) is 0 Å². The van der Waals surface area contributed by atoms with Crippen LogP contribution in [0.4, 0.5) is 0 Å². The number of benzene rings is 1. The first kappa shape index (κ1) is 13.8. The molecule has 0 aliphatic heterocycles. The summed E-state index contributed by atoms with van der Waals surface area (Å²) in [5.74, 6) is 0.911. The fraction of sp³-hybridized carbons (Fsp3) is 0.182. The van der Waals surface area contributed by atoms with Crippen molar-refractivity contribution in [2.45, 2.75) is 6.42 Å². The van der Waals surface area contributed by atoms with E-state index in [1.54, 1.807) is 18.2 Å². The SMILES string of the molecule is NC(=O)CC(C(=O)c1ccccc1)C(=O)N(N)O. The molecule has 7 nitrogen and oxygen atoms in total. The molecule has 0 saturated carbocycles. The van der Waals surface area contributed by atoms with E-state index in [0.29, 0.717) is 0 Å². The number of nitrogens with two attached hydrogens (primary N) is 2. The lowest BCUT2D eigenvalue weighted by molar-refractivity contribution is -0.170. The third-order valence-electron chi connectivity index (χ3n) is 2.30. The monoisotopic (exact) mass is 251 g/mol. The van der Waals surface area contributed by atoms with Crippen molar-refractivity contribution in [1.29, 1.82) is 0 Å². The summed E-state index contributed by atoms with van der Waals surface area (Å²) >= 11 is 0. The second-order valence-electron chi connectivity index (χ2n) is 3.64. The molecular weight excluding hydrogens is 238 g/mol. The average Bonchev–Trinajstić information content (AvgIpc) is 2.35. The van der Waals surface area contributed by atoms with E-state index >= 15 is 0 Å². The van der Waals surface area contributed by atoms with Crippen molar-refractivity contribution in [2.24, 2.45) is 17.5 Å². The molecule has 7 heteroatoms. The van der Waals surface area contributed by atoms with Crippen molar-refractivity contribution < 1.29 is 19.6 Å².